The first-order chi connectivity index (χ1) is 5.36. The van der Waals surface area contributed by atoms with Gasteiger partial charge in [-0.3, -0.25) is 0 Å². The number of hydrogen-bond donors (Lipinski definition) is 1. The van der Waals surface area contributed by atoms with Crippen LogP contribution in [0.25, 0.3) is 0 Å². The fourth-order valence-electron chi connectivity index (χ4n) is 2.69. The van der Waals surface area contributed by atoms with Gasteiger partial charge >= 0.3 is 0 Å². The lowest BCUT2D eigenvalue weighted by Crippen LogP contribution is -2.47. The van der Waals surface area contributed by atoms with Gasteiger partial charge in [-0.05, 0) is 38.5 Å². The first kappa shape index (κ1) is 7.60. The van der Waals surface area contributed by atoms with Crippen molar-refractivity contribution in [2.24, 2.45) is 5.92 Å². The van der Waals surface area contributed by atoms with Crippen molar-refractivity contribution in [1.29, 1.82) is 0 Å². The Morgan fingerprint density at radius 1 is 1.00 bits per heavy atom. The maximum Gasteiger partial charge on any atom is 0.00978 e. The molecule has 1 heteroatoms. The molecule has 11 heavy (non-hydrogen) atoms. The van der Waals surface area contributed by atoms with Gasteiger partial charge in [0, 0.05) is 12.1 Å². The van der Waals surface area contributed by atoms with Crippen LogP contribution in [-0.2, 0) is 0 Å². The van der Waals surface area contributed by atoms with Crippen LogP contribution in [0.1, 0.15) is 45.4 Å². The van der Waals surface area contributed by atoms with Crippen molar-refractivity contribution in [3.05, 3.63) is 0 Å². The smallest absolute Gasteiger partial charge is 0.00978 e. The lowest BCUT2D eigenvalue weighted by atomic mass is 9.78. The molecular formula is C10H19N. The molecule has 1 N–H and O–H groups in total. The quantitative estimate of drug-likeness (QED) is 0.563. The molecule has 3 atom stereocenters. The van der Waals surface area contributed by atoms with E-state index >= 15 is 0 Å². The van der Waals surface area contributed by atoms with E-state index < -0.39 is 0 Å². The molecule has 1 nitrogen and oxygen atoms in total. The van der Waals surface area contributed by atoms with Crippen molar-refractivity contribution in [3.63, 3.8) is 0 Å². The summed E-state index contributed by atoms with van der Waals surface area (Å²) in [7, 11) is 0. The fraction of sp³-hybridized carbons (Fsp3) is 1.00. The molecule has 0 radical (unpaired) electrons. The number of rotatable bonds is 0. The second kappa shape index (κ2) is 3.14. The number of nitrogens with one attached hydrogen (secondary N) is 1. The van der Waals surface area contributed by atoms with Crippen molar-refractivity contribution in [3.8, 4) is 0 Å². The van der Waals surface area contributed by atoms with E-state index in [-0.39, 0.29) is 0 Å². The SMILES string of the molecule is CC1CCC2CCCCC2N1. The largest absolute Gasteiger partial charge is 0.311 e. The number of fused-ring (bicyclic) bond motifs is 1. The topological polar surface area (TPSA) is 12.0 Å². The maximum atomic E-state index is 3.72. The summed E-state index contributed by atoms with van der Waals surface area (Å²) in [5.41, 5.74) is 0. The third-order valence-corrected chi connectivity index (χ3v) is 3.38. The van der Waals surface area contributed by atoms with Crippen LogP contribution in [0.3, 0.4) is 0 Å². The highest BCUT2D eigenvalue weighted by Gasteiger charge is 2.29. The Morgan fingerprint density at radius 2 is 1.82 bits per heavy atom. The van der Waals surface area contributed by atoms with Gasteiger partial charge in [0.25, 0.3) is 0 Å². The molecule has 2 rings (SSSR count). The highest BCUT2D eigenvalue weighted by Crippen LogP contribution is 2.31. The molecule has 2 aliphatic rings. The maximum absolute atomic E-state index is 3.72. The fourth-order valence-corrected chi connectivity index (χ4v) is 2.69. The van der Waals surface area contributed by atoms with Gasteiger partial charge in [0.2, 0.25) is 0 Å². The third kappa shape index (κ3) is 1.58. The van der Waals surface area contributed by atoms with Gasteiger partial charge in [0.15, 0.2) is 0 Å². The molecule has 1 heterocycles. The average Bonchev–Trinajstić information content (AvgIpc) is 2.04. The Balaban J connectivity index is 1.93. The van der Waals surface area contributed by atoms with E-state index in [1.165, 1.54) is 38.5 Å². The van der Waals surface area contributed by atoms with E-state index in [1.54, 1.807) is 0 Å². The van der Waals surface area contributed by atoms with Crippen molar-refractivity contribution in [2.45, 2.75) is 57.5 Å². The summed E-state index contributed by atoms with van der Waals surface area (Å²) in [4.78, 5) is 0. The zero-order valence-corrected chi connectivity index (χ0v) is 7.47. The molecule has 0 aromatic heterocycles. The molecule has 0 bridgehead atoms. The monoisotopic (exact) mass is 153 g/mol. The summed E-state index contributed by atoms with van der Waals surface area (Å²) < 4.78 is 0. The second-order valence-electron chi connectivity index (χ2n) is 4.30. The van der Waals surface area contributed by atoms with E-state index in [4.69, 9.17) is 0 Å². The van der Waals surface area contributed by atoms with E-state index in [9.17, 15) is 0 Å². The van der Waals surface area contributed by atoms with E-state index in [1.807, 2.05) is 0 Å². The predicted octanol–water partition coefficient (Wildman–Crippen LogP) is 2.32. The molecule has 0 aromatic carbocycles. The van der Waals surface area contributed by atoms with Crippen LogP contribution in [0.15, 0.2) is 0 Å². The molecule has 3 unspecified atom stereocenters. The average molecular weight is 153 g/mol. The normalized spacial score (nSPS) is 45.0. The molecule has 1 saturated carbocycles. The Kier molecular flexibility index (Phi) is 2.17. The first-order valence-corrected chi connectivity index (χ1v) is 5.12. The Bertz CT molecular complexity index is 133. The molecule has 64 valence electrons. The van der Waals surface area contributed by atoms with Gasteiger partial charge in [0.05, 0.1) is 0 Å². The Morgan fingerprint density at radius 3 is 2.73 bits per heavy atom. The van der Waals surface area contributed by atoms with E-state index in [0.29, 0.717) is 0 Å². The second-order valence-corrected chi connectivity index (χ2v) is 4.30. The van der Waals surface area contributed by atoms with Crippen LogP contribution in [0.5, 0.6) is 0 Å². The predicted molar refractivity (Wildman–Crippen MR) is 47.6 cm³/mol. The summed E-state index contributed by atoms with van der Waals surface area (Å²) in [6.45, 7) is 2.32. The minimum Gasteiger partial charge on any atom is -0.311 e. The lowest BCUT2D eigenvalue weighted by Gasteiger charge is -2.39. The minimum atomic E-state index is 0.786. The molecule has 0 spiro atoms. The van der Waals surface area contributed by atoms with Crippen LogP contribution in [0.2, 0.25) is 0 Å². The summed E-state index contributed by atoms with van der Waals surface area (Å²) in [6, 6.07) is 1.67. The van der Waals surface area contributed by atoms with E-state index in [0.717, 1.165) is 18.0 Å². The summed E-state index contributed by atoms with van der Waals surface area (Å²) in [5, 5.41) is 3.72. The van der Waals surface area contributed by atoms with Gasteiger partial charge < -0.3 is 5.32 Å². The molecule has 2 fully saturated rings. The van der Waals surface area contributed by atoms with Gasteiger partial charge in [-0.15, -0.1) is 0 Å². The van der Waals surface area contributed by atoms with Gasteiger partial charge in [-0.1, -0.05) is 12.8 Å². The van der Waals surface area contributed by atoms with Crippen LogP contribution >= 0.6 is 0 Å². The molecule has 1 saturated heterocycles. The zero-order valence-electron chi connectivity index (χ0n) is 7.47. The highest BCUT2D eigenvalue weighted by atomic mass is 15.0. The Labute approximate surface area is 69.6 Å². The zero-order chi connectivity index (χ0) is 7.68. The van der Waals surface area contributed by atoms with Gasteiger partial charge in [0.1, 0.15) is 0 Å². The summed E-state index contributed by atoms with van der Waals surface area (Å²) in [6.07, 6.45) is 8.76. The van der Waals surface area contributed by atoms with Crippen LogP contribution in [0.4, 0.5) is 0 Å². The van der Waals surface area contributed by atoms with Crippen LogP contribution in [0, 0.1) is 5.92 Å². The molecule has 1 aliphatic carbocycles. The van der Waals surface area contributed by atoms with Crippen molar-refractivity contribution < 1.29 is 0 Å². The standard InChI is InChI=1S/C10H19N/c1-8-6-7-9-4-2-3-5-10(9)11-8/h8-11H,2-7H2,1H3. The number of piperidine rings is 1. The summed E-state index contributed by atoms with van der Waals surface area (Å²) >= 11 is 0. The van der Waals surface area contributed by atoms with Crippen molar-refractivity contribution in [2.75, 3.05) is 0 Å². The molecule has 0 aromatic rings. The molecule has 0 amide bonds. The Hall–Kier alpha value is -0.0400. The minimum absolute atomic E-state index is 0.786. The number of hydrogen-bond acceptors (Lipinski definition) is 1. The summed E-state index contributed by atoms with van der Waals surface area (Å²) in [5.74, 6) is 1.03. The van der Waals surface area contributed by atoms with Crippen LogP contribution < -0.4 is 5.32 Å². The highest BCUT2D eigenvalue weighted by molar-refractivity contribution is 4.87. The van der Waals surface area contributed by atoms with Gasteiger partial charge in [-0.2, -0.15) is 0 Å². The van der Waals surface area contributed by atoms with Gasteiger partial charge in [-0.25, -0.2) is 0 Å². The van der Waals surface area contributed by atoms with Crippen LogP contribution in [-0.4, -0.2) is 12.1 Å². The third-order valence-electron chi connectivity index (χ3n) is 3.38. The molecule has 1 aliphatic heterocycles. The van der Waals surface area contributed by atoms with Crippen molar-refractivity contribution >= 4 is 0 Å². The molecular weight excluding hydrogens is 134 g/mol. The van der Waals surface area contributed by atoms with Crippen molar-refractivity contribution in [1.82, 2.24) is 5.32 Å². The lowest BCUT2D eigenvalue weighted by molar-refractivity contribution is 0.182. The van der Waals surface area contributed by atoms with E-state index in [2.05, 4.69) is 12.2 Å². The first-order valence-electron chi connectivity index (χ1n) is 5.12.